The quantitative estimate of drug-likeness (QED) is 0.772. The minimum atomic E-state index is -0.260. The zero-order chi connectivity index (χ0) is 12.3. The van der Waals surface area contributed by atoms with Gasteiger partial charge in [-0.3, -0.25) is 0 Å². The number of ether oxygens (including phenoxy) is 1. The number of hydrogen-bond donors (Lipinski definition) is 0. The second-order valence-corrected chi connectivity index (χ2v) is 4.77. The number of rotatable bonds is 3. The molecule has 0 aliphatic carbocycles. The zero-order valence-corrected chi connectivity index (χ0v) is 10.7. The van der Waals surface area contributed by atoms with Gasteiger partial charge in [0.25, 0.3) is 0 Å². The second-order valence-electron chi connectivity index (χ2n) is 3.82. The summed E-state index contributed by atoms with van der Waals surface area (Å²) in [5, 5.41) is 1.93. The highest BCUT2D eigenvalue weighted by molar-refractivity contribution is 7.10. The highest BCUT2D eigenvalue weighted by Gasteiger charge is 2.19. The maximum absolute atomic E-state index is 11.6. The monoisotopic (exact) mass is 246 g/mol. The molecule has 0 saturated heterocycles. The summed E-state index contributed by atoms with van der Waals surface area (Å²) in [7, 11) is 1.41. The van der Waals surface area contributed by atoms with Crippen LogP contribution in [0.25, 0.3) is 0 Å². The molecular formula is C14H14O2S. The molecule has 0 amide bonds. The topological polar surface area (TPSA) is 26.3 Å². The summed E-state index contributed by atoms with van der Waals surface area (Å²) in [4.78, 5) is 12.7. The molecule has 1 atom stereocenters. The highest BCUT2D eigenvalue weighted by Crippen LogP contribution is 2.31. The standard InChI is InChI=1S/C14H14O2S/c1-10(11-6-4-3-5-7-11)13-12(8-9-17-13)14(15)16-2/h3-10H,1-2H3. The lowest BCUT2D eigenvalue weighted by Gasteiger charge is -2.11. The summed E-state index contributed by atoms with van der Waals surface area (Å²) in [6.07, 6.45) is 0. The molecule has 88 valence electrons. The van der Waals surface area contributed by atoms with Crippen LogP contribution in [0, 0.1) is 0 Å². The van der Waals surface area contributed by atoms with Crippen molar-refractivity contribution in [3.8, 4) is 0 Å². The lowest BCUT2D eigenvalue weighted by atomic mass is 9.97. The van der Waals surface area contributed by atoms with E-state index >= 15 is 0 Å². The number of methoxy groups -OCH3 is 1. The lowest BCUT2D eigenvalue weighted by molar-refractivity contribution is 0.0600. The van der Waals surface area contributed by atoms with Crippen LogP contribution in [0.3, 0.4) is 0 Å². The van der Waals surface area contributed by atoms with E-state index in [-0.39, 0.29) is 11.9 Å². The van der Waals surface area contributed by atoms with Crippen LogP contribution in [0.5, 0.6) is 0 Å². The fourth-order valence-corrected chi connectivity index (χ4v) is 2.80. The lowest BCUT2D eigenvalue weighted by Crippen LogP contribution is -2.05. The Balaban J connectivity index is 2.35. The number of esters is 1. The largest absolute Gasteiger partial charge is 0.465 e. The van der Waals surface area contributed by atoms with Gasteiger partial charge < -0.3 is 4.74 Å². The van der Waals surface area contributed by atoms with Crippen molar-refractivity contribution < 1.29 is 9.53 Å². The van der Waals surface area contributed by atoms with Crippen LogP contribution < -0.4 is 0 Å². The van der Waals surface area contributed by atoms with Gasteiger partial charge in [0, 0.05) is 10.8 Å². The molecule has 1 unspecified atom stereocenters. The van der Waals surface area contributed by atoms with Crippen molar-refractivity contribution in [1.82, 2.24) is 0 Å². The van der Waals surface area contributed by atoms with Crippen molar-refractivity contribution in [1.29, 1.82) is 0 Å². The predicted molar refractivity (Wildman–Crippen MR) is 69.6 cm³/mol. The molecule has 2 aromatic rings. The Kier molecular flexibility index (Phi) is 3.59. The Morgan fingerprint density at radius 2 is 1.94 bits per heavy atom. The molecule has 0 aliphatic rings. The van der Waals surface area contributed by atoms with Crippen molar-refractivity contribution in [2.24, 2.45) is 0 Å². The number of benzene rings is 1. The van der Waals surface area contributed by atoms with Gasteiger partial charge in [0.1, 0.15) is 0 Å². The smallest absolute Gasteiger partial charge is 0.339 e. The first-order valence-electron chi connectivity index (χ1n) is 5.44. The molecule has 2 nitrogen and oxygen atoms in total. The van der Waals surface area contributed by atoms with E-state index in [1.165, 1.54) is 12.7 Å². The summed E-state index contributed by atoms with van der Waals surface area (Å²) < 4.78 is 4.79. The van der Waals surface area contributed by atoms with Gasteiger partial charge >= 0.3 is 5.97 Å². The maximum Gasteiger partial charge on any atom is 0.339 e. The minimum absolute atomic E-state index is 0.213. The Morgan fingerprint density at radius 1 is 1.24 bits per heavy atom. The second kappa shape index (κ2) is 5.15. The SMILES string of the molecule is COC(=O)c1ccsc1C(C)c1ccccc1. The van der Waals surface area contributed by atoms with E-state index in [2.05, 4.69) is 19.1 Å². The van der Waals surface area contributed by atoms with Crippen LogP contribution in [0.1, 0.15) is 33.6 Å². The van der Waals surface area contributed by atoms with Crippen molar-refractivity contribution in [2.45, 2.75) is 12.8 Å². The van der Waals surface area contributed by atoms with Crippen LogP contribution in [-0.4, -0.2) is 13.1 Å². The molecule has 0 fully saturated rings. The van der Waals surface area contributed by atoms with Gasteiger partial charge in [-0.2, -0.15) is 0 Å². The Bertz CT molecular complexity index is 502. The molecule has 0 aliphatic heterocycles. The van der Waals surface area contributed by atoms with Gasteiger partial charge in [0.2, 0.25) is 0 Å². The zero-order valence-electron chi connectivity index (χ0n) is 9.84. The van der Waals surface area contributed by atoms with Gasteiger partial charge in [-0.1, -0.05) is 37.3 Å². The summed E-state index contributed by atoms with van der Waals surface area (Å²) in [5.41, 5.74) is 1.88. The number of hydrogen-bond acceptors (Lipinski definition) is 3. The number of thiophene rings is 1. The molecule has 0 bridgehead atoms. The molecule has 17 heavy (non-hydrogen) atoms. The third kappa shape index (κ3) is 2.39. The summed E-state index contributed by atoms with van der Waals surface area (Å²) >= 11 is 1.60. The van der Waals surface area contributed by atoms with Crippen LogP contribution in [0.15, 0.2) is 41.8 Å². The average Bonchev–Trinajstić information content (AvgIpc) is 2.87. The molecule has 2 rings (SSSR count). The molecule has 3 heteroatoms. The van der Waals surface area contributed by atoms with E-state index in [0.29, 0.717) is 5.56 Å². The van der Waals surface area contributed by atoms with E-state index in [0.717, 1.165) is 4.88 Å². The van der Waals surface area contributed by atoms with E-state index < -0.39 is 0 Å². The Labute approximate surface area is 105 Å². The van der Waals surface area contributed by atoms with Crippen molar-refractivity contribution in [2.75, 3.05) is 7.11 Å². The Hall–Kier alpha value is -1.61. The van der Waals surface area contributed by atoms with E-state index in [9.17, 15) is 4.79 Å². The number of carbonyl (C=O) groups excluding carboxylic acids is 1. The molecule has 0 saturated carbocycles. The van der Waals surface area contributed by atoms with Gasteiger partial charge in [0.05, 0.1) is 12.7 Å². The summed E-state index contributed by atoms with van der Waals surface area (Å²) in [6.45, 7) is 2.10. The number of carbonyl (C=O) groups is 1. The molecule has 1 aromatic heterocycles. The maximum atomic E-state index is 11.6. The fourth-order valence-electron chi connectivity index (χ4n) is 1.83. The van der Waals surface area contributed by atoms with Crippen LogP contribution in [0.4, 0.5) is 0 Å². The van der Waals surface area contributed by atoms with E-state index in [1.54, 1.807) is 11.3 Å². The predicted octanol–water partition coefficient (Wildman–Crippen LogP) is 3.69. The molecule has 1 heterocycles. The highest BCUT2D eigenvalue weighted by atomic mass is 32.1. The molecule has 0 N–H and O–H groups in total. The van der Waals surface area contributed by atoms with Gasteiger partial charge in [-0.05, 0) is 17.0 Å². The van der Waals surface area contributed by atoms with E-state index in [1.807, 2.05) is 29.6 Å². The first kappa shape index (κ1) is 11.9. The normalized spacial score (nSPS) is 12.1. The minimum Gasteiger partial charge on any atom is -0.465 e. The first-order chi connectivity index (χ1) is 8.24. The molecular weight excluding hydrogens is 232 g/mol. The van der Waals surface area contributed by atoms with Crippen LogP contribution in [0.2, 0.25) is 0 Å². The summed E-state index contributed by atoms with van der Waals surface area (Å²) in [6, 6.07) is 12.0. The van der Waals surface area contributed by atoms with Crippen LogP contribution >= 0.6 is 11.3 Å². The third-order valence-electron chi connectivity index (χ3n) is 2.79. The molecule has 1 aromatic carbocycles. The Morgan fingerprint density at radius 3 is 2.59 bits per heavy atom. The first-order valence-corrected chi connectivity index (χ1v) is 6.32. The van der Waals surface area contributed by atoms with Gasteiger partial charge in [-0.25, -0.2) is 4.79 Å². The van der Waals surface area contributed by atoms with Gasteiger partial charge in [-0.15, -0.1) is 11.3 Å². The average molecular weight is 246 g/mol. The fraction of sp³-hybridized carbons (Fsp3) is 0.214. The molecule has 0 spiro atoms. The van der Waals surface area contributed by atoms with Crippen molar-refractivity contribution in [3.63, 3.8) is 0 Å². The summed E-state index contributed by atoms with van der Waals surface area (Å²) in [5.74, 6) is -0.0469. The van der Waals surface area contributed by atoms with Crippen molar-refractivity contribution in [3.05, 3.63) is 57.8 Å². The van der Waals surface area contributed by atoms with Gasteiger partial charge in [0.15, 0.2) is 0 Å². The van der Waals surface area contributed by atoms with E-state index in [4.69, 9.17) is 4.74 Å². The van der Waals surface area contributed by atoms with Crippen molar-refractivity contribution >= 4 is 17.3 Å². The van der Waals surface area contributed by atoms with Crippen LogP contribution in [-0.2, 0) is 4.74 Å². The molecule has 0 radical (unpaired) electrons. The third-order valence-corrected chi connectivity index (χ3v) is 3.89.